The molecule has 1 aromatic rings. The molecule has 0 radical (unpaired) electrons. The highest BCUT2D eigenvalue weighted by molar-refractivity contribution is 7.89. The van der Waals surface area contributed by atoms with Gasteiger partial charge in [-0.15, -0.1) is 0 Å². The van der Waals surface area contributed by atoms with Crippen LogP contribution in [0.2, 0.25) is 0 Å². The van der Waals surface area contributed by atoms with Crippen molar-refractivity contribution in [1.29, 1.82) is 0 Å². The summed E-state index contributed by atoms with van der Waals surface area (Å²) in [6.07, 6.45) is 0.987. The van der Waals surface area contributed by atoms with Crippen LogP contribution in [0.25, 0.3) is 0 Å². The Morgan fingerprint density at radius 1 is 1.55 bits per heavy atom. The van der Waals surface area contributed by atoms with Gasteiger partial charge in [0.25, 0.3) is 0 Å². The van der Waals surface area contributed by atoms with Crippen LogP contribution in [0.4, 0.5) is 4.39 Å². The van der Waals surface area contributed by atoms with Crippen molar-refractivity contribution in [2.24, 2.45) is 0 Å². The number of rotatable bonds is 3. The molecule has 2 rings (SSSR count). The molecule has 0 aromatic carbocycles. The molecule has 0 aliphatic carbocycles. The third-order valence-electron chi connectivity index (χ3n) is 2.81. The van der Waals surface area contributed by atoms with E-state index in [1.54, 1.807) is 0 Å². The molecule has 0 amide bonds. The van der Waals surface area contributed by atoms with Crippen LogP contribution >= 0.6 is 0 Å². The Morgan fingerprint density at radius 3 is 2.95 bits per heavy atom. The highest BCUT2D eigenvalue weighted by atomic mass is 32.2. The van der Waals surface area contributed by atoms with Gasteiger partial charge in [-0.1, -0.05) is 0 Å². The first kappa shape index (κ1) is 14.8. The number of carbonyl (C=O) groups excluding carboxylic acids is 1. The number of hydrogen-bond acceptors (Lipinski definition) is 6. The van der Waals surface area contributed by atoms with E-state index < -0.39 is 27.9 Å². The van der Waals surface area contributed by atoms with Crippen LogP contribution in [0.5, 0.6) is 0 Å². The molecule has 0 saturated carbocycles. The average Bonchev–Trinajstić information content (AvgIpc) is 2.46. The summed E-state index contributed by atoms with van der Waals surface area (Å²) in [7, 11) is -2.73. The maximum Gasteiger partial charge on any atom is 0.336 e. The number of sulfonamides is 1. The molecule has 1 unspecified atom stereocenters. The highest BCUT2D eigenvalue weighted by Gasteiger charge is 2.34. The van der Waals surface area contributed by atoms with Crippen LogP contribution in [-0.2, 0) is 24.3 Å². The number of pyridine rings is 1. The van der Waals surface area contributed by atoms with Crippen molar-refractivity contribution in [3.63, 3.8) is 0 Å². The number of carbonyl (C=O) groups is 1. The summed E-state index contributed by atoms with van der Waals surface area (Å²) >= 11 is 0. The number of esters is 1. The molecule has 0 bridgehead atoms. The minimum Gasteiger partial charge on any atom is -0.467 e. The minimum absolute atomic E-state index is 0.0573. The number of morpholine rings is 1. The van der Waals surface area contributed by atoms with Gasteiger partial charge in [-0.05, 0) is 6.07 Å². The van der Waals surface area contributed by atoms with Crippen LogP contribution in [0.15, 0.2) is 23.4 Å². The van der Waals surface area contributed by atoms with E-state index in [1.165, 1.54) is 7.11 Å². The molecule has 1 atom stereocenters. The molecule has 0 spiro atoms. The van der Waals surface area contributed by atoms with E-state index in [9.17, 15) is 17.6 Å². The van der Waals surface area contributed by atoms with Crippen molar-refractivity contribution < 1.29 is 27.1 Å². The molecular formula is C11H13FN2O5S. The summed E-state index contributed by atoms with van der Waals surface area (Å²) in [6.45, 7) is -0.0421. The lowest BCUT2D eigenvalue weighted by molar-refractivity contribution is -0.157. The lowest BCUT2D eigenvalue weighted by atomic mass is 10.3. The summed E-state index contributed by atoms with van der Waals surface area (Å²) < 4.78 is 48.4. The Balaban J connectivity index is 2.23. The van der Waals surface area contributed by atoms with Gasteiger partial charge in [0.05, 0.1) is 26.5 Å². The Kier molecular flexibility index (Phi) is 4.31. The Morgan fingerprint density at radius 2 is 2.30 bits per heavy atom. The van der Waals surface area contributed by atoms with E-state index in [-0.39, 0.29) is 24.6 Å². The van der Waals surface area contributed by atoms with Crippen LogP contribution in [0.1, 0.15) is 0 Å². The first-order valence-electron chi connectivity index (χ1n) is 5.75. The molecule has 2 heterocycles. The van der Waals surface area contributed by atoms with Crippen molar-refractivity contribution >= 4 is 16.0 Å². The lowest BCUT2D eigenvalue weighted by Gasteiger charge is -2.30. The molecule has 9 heteroatoms. The number of ether oxygens (including phenoxy) is 2. The Hall–Kier alpha value is -1.58. The van der Waals surface area contributed by atoms with Crippen LogP contribution < -0.4 is 0 Å². The summed E-state index contributed by atoms with van der Waals surface area (Å²) in [5.74, 6) is -1.40. The van der Waals surface area contributed by atoms with Gasteiger partial charge < -0.3 is 9.47 Å². The fourth-order valence-corrected chi connectivity index (χ4v) is 3.20. The number of nitrogens with zero attached hydrogens (tertiary/aromatic N) is 2. The zero-order chi connectivity index (χ0) is 14.8. The third-order valence-corrected chi connectivity index (χ3v) is 4.64. The SMILES string of the molecule is COC(=O)C1CN(S(=O)(=O)c2cncc(F)c2)CCO1. The molecule has 1 fully saturated rings. The quantitative estimate of drug-likeness (QED) is 0.718. The third kappa shape index (κ3) is 2.94. The molecule has 0 N–H and O–H groups in total. The van der Waals surface area contributed by atoms with Crippen molar-refractivity contribution in [3.05, 3.63) is 24.3 Å². The number of methoxy groups -OCH3 is 1. The normalized spacial score (nSPS) is 20.6. The van der Waals surface area contributed by atoms with Gasteiger partial charge in [0, 0.05) is 12.7 Å². The standard InChI is InChI=1S/C11H13FN2O5S/c1-18-11(15)10-7-14(2-3-19-10)20(16,17)9-4-8(12)5-13-6-9/h4-6,10H,2-3,7H2,1H3. The van der Waals surface area contributed by atoms with E-state index >= 15 is 0 Å². The van der Waals surface area contributed by atoms with Crippen LogP contribution in [0, 0.1) is 5.82 Å². The predicted molar refractivity (Wildman–Crippen MR) is 64.7 cm³/mol. The van der Waals surface area contributed by atoms with Crippen molar-refractivity contribution in [2.45, 2.75) is 11.0 Å². The van der Waals surface area contributed by atoms with Gasteiger partial charge in [0.1, 0.15) is 10.7 Å². The van der Waals surface area contributed by atoms with E-state index in [4.69, 9.17) is 4.74 Å². The monoisotopic (exact) mass is 304 g/mol. The van der Waals surface area contributed by atoms with Gasteiger partial charge in [-0.3, -0.25) is 4.98 Å². The van der Waals surface area contributed by atoms with E-state index in [1.807, 2.05) is 0 Å². The van der Waals surface area contributed by atoms with Gasteiger partial charge in [0.15, 0.2) is 6.10 Å². The Bertz CT molecular complexity index is 607. The van der Waals surface area contributed by atoms with Crippen molar-refractivity contribution in [1.82, 2.24) is 9.29 Å². The second-order valence-corrected chi connectivity index (χ2v) is 6.02. The lowest BCUT2D eigenvalue weighted by Crippen LogP contribution is -2.48. The minimum atomic E-state index is -3.92. The molecule has 110 valence electrons. The highest BCUT2D eigenvalue weighted by Crippen LogP contribution is 2.19. The van der Waals surface area contributed by atoms with Crippen molar-refractivity contribution in [3.8, 4) is 0 Å². The molecule has 1 aliphatic heterocycles. The molecule has 1 aromatic heterocycles. The van der Waals surface area contributed by atoms with Crippen molar-refractivity contribution in [2.75, 3.05) is 26.8 Å². The maximum absolute atomic E-state index is 13.1. The fourth-order valence-electron chi connectivity index (χ4n) is 1.80. The summed E-state index contributed by atoms with van der Waals surface area (Å²) in [5.41, 5.74) is 0. The second kappa shape index (κ2) is 5.81. The largest absolute Gasteiger partial charge is 0.467 e. The van der Waals surface area contributed by atoms with E-state index in [0.717, 1.165) is 22.8 Å². The first-order chi connectivity index (χ1) is 9.45. The van der Waals surface area contributed by atoms with Gasteiger partial charge in [0.2, 0.25) is 10.0 Å². The predicted octanol–water partition coefficient (Wildman–Crippen LogP) is -0.217. The maximum atomic E-state index is 13.1. The van der Waals surface area contributed by atoms with Gasteiger partial charge in [-0.2, -0.15) is 4.31 Å². The summed E-state index contributed by atoms with van der Waals surface area (Å²) in [4.78, 5) is 14.6. The zero-order valence-electron chi connectivity index (χ0n) is 10.7. The average molecular weight is 304 g/mol. The summed E-state index contributed by atoms with van der Waals surface area (Å²) in [6, 6.07) is 0.880. The zero-order valence-corrected chi connectivity index (χ0v) is 11.5. The number of hydrogen-bond donors (Lipinski definition) is 0. The van der Waals surface area contributed by atoms with E-state index in [2.05, 4.69) is 9.72 Å². The molecule has 1 aliphatic rings. The Labute approximate surface area is 115 Å². The number of halogens is 1. The first-order valence-corrected chi connectivity index (χ1v) is 7.19. The molecule has 1 saturated heterocycles. The van der Waals surface area contributed by atoms with E-state index in [0.29, 0.717) is 0 Å². The van der Waals surface area contributed by atoms with Crippen LogP contribution in [-0.4, -0.2) is 56.6 Å². The summed E-state index contributed by atoms with van der Waals surface area (Å²) in [5, 5.41) is 0. The fraction of sp³-hybridized carbons (Fsp3) is 0.455. The smallest absolute Gasteiger partial charge is 0.336 e. The molecule has 20 heavy (non-hydrogen) atoms. The molecular weight excluding hydrogens is 291 g/mol. The number of aromatic nitrogens is 1. The topological polar surface area (TPSA) is 85.8 Å². The molecule has 7 nitrogen and oxygen atoms in total. The van der Waals surface area contributed by atoms with Gasteiger partial charge >= 0.3 is 5.97 Å². The second-order valence-electron chi connectivity index (χ2n) is 4.08. The van der Waals surface area contributed by atoms with Crippen LogP contribution in [0.3, 0.4) is 0 Å². The van der Waals surface area contributed by atoms with Gasteiger partial charge in [-0.25, -0.2) is 17.6 Å².